The van der Waals surface area contributed by atoms with Gasteiger partial charge in [0.25, 0.3) is 0 Å². The Kier molecular flexibility index (Phi) is 2.33. The van der Waals surface area contributed by atoms with E-state index in [1.54, 1.807) is 11.3 Å². The Morgan fingerprint density at radius 1 is 1.07 bits per heavy atom. The monoisotopic (exact) mass is 204 g/mol. The van der Waals surface area contributed by atoms with Crippen LogP contribution in [0.2, 0.25) is 0 Å². The lowest BCUT2D eigenvalue weighted by molar-refractivity contribution is 1.12. The highest BCUT2D eigenvalue weighted by molar-refractivity contribution is 7.14. The summed E-state index contributed by atoms with van der Waals surface area (Å²) < 4.78 is 0. The molecule has 0 aliphatic carbocycles. The quantitative estimate of drug-likeness (QED) is 0.713. The van der Waals surface area contributed by atoms with Gasteiger partial charge in [0, 0.05) is 28.0 Å². The number of hydrogen-bond donors (Lipinski definition) is 0. The summed E-state index contributed by atoms with van der Waals surface area (Å²) in [7, 11) is 0. The molecule has 14 heavy (non-hydrogen) atoms. The second-order valence-electron chi connectivity index (χ2n) is 3.41. The highest BCUT2D eigenvalue weighted by Gasteiger charge is 2.03. The molecule has 3 heteroatoms. The van der Waals surface area contributed by atoms with Crippen LogP contribution in [-0.4, -0.2) is 9.97 Å². The average molecular weight is 204 g/mol. The van der Waals surface area contributed by atoms with Crippen LogP contribution in [0.3, 0.4) is 0 Å². The van der Waals surface area contributed by atoms with Gasteiger partial charge in [0.2, 0.25) is 0 Å². The summed E-state index contributed by atoms with van der Waals surface area (Å²) in [4.78, 5) is 9.95. The molecule has 2 aromatic heterocycles. The maximum absolute atomic E-state index is 4.36. The highest BCUT2D eigenvalue weighted by Crippen LogP contribution is 2.25. The Labute approximate surface area is 87.7 Å². The molecule has 0 unspecified atom stereocenters. The van der Waals surface area contributed by atoms with Crippen molar-refractivity contribution in [2.45, 2.75) is 20.8 Å². The number of pyridine rings is 1. The van der Waals surface area contributed by atoms with Gasteiger partial charge in [-0.25, -0.2) is 4.98 Å². The predicted molar refractivity (Wildman–Crippen MR) is 59.6 cm³/mol. The normalized spacial score (nSPS) is 10.5. The summed E-state index contributed by atoms with van der Waals surface area (Å²) in [5, 5.41) is 1.08. The van der Waals surface area contributed by atoms with Crippen molar-refractivity contribution in [3.8, 4) is 10.6 Å². The second-order valence-corrected chi connectivity index (χ2v) is 4.65. The zero-order valence-corrected chi connectivity index (χ0v) is 9.35. The molecule has 2 aromatic rings. The third-order valence-corrected chi connectivity index (χ3v) is 2.91. The molecule has 0 spiro atoms. The number of aromatic nitrogens is 2. The van der Waals surface area contributed by atoms with E-state index in [-0.39, 0.29) is 0 Å². The van der Waals surface area contributed by atoms with Crippen molar-refractivity contribution in [2.24, 2.45) is 0 Å². The number of aryl methyl sites for hydroxylation is 3. The molecule has 0 amide bonds. The topological polar surface area (TPSA) is 25.8 Å². The summed E-state index contributed by atoms with van der Waals surface area (Å²) in [5.74, 6) is 0. The van der Waals surface area contributed by atoms with Crippen LogP contribution in [-0.2, 0) is 0 Å². The van der Waals surface area contributed by atoms with Gasteiger partial charge in [-0.05, 0) is 32.9 Å². The molecule has 0 saturated heterocycles. The maximum Gasteiger partial charge on any atom is 0.123 e. The van der Waals surface area contributed by atoms with Crippen LogP contribution in [0.25, 0.3) is 10.6 Å². The average Bonchev–Trinajstić information content (AvgIpc) is 2.50. The minimum atomic E-state index is 1.05. The molecule has 0 aliphatic rings. The van der Waals surface area contributed by atoms with Crippen molar-refractivity contribution >= 4 is 11.3 Å². The first kappa shape index (κ1) is 9.34. The van der Waals surface area contributed by atoms with Crippen molar-refractivity contribution < 1.29 is 0 Å². The van der Waals surface area contributed by atoms with Crippen molar-refractivity contribution in [1.29, 1.82) is 0 Å². The fourth-order valence-electron chi connectivity index (χ4n) is 1.45. The lowest BCUT2D eigenvalue weighted by Gasteiger charge is -2.00. The van der Waals surface area contributed by atoms with Crippen LogP contribution < -0.4 is 0 Å². The van der Waals surface area contributed by atoms with E-state index in [9.17, 15) is 0 Å². The number of hydrogen-bond acceptors (Lipinski definition) is 3. The fraction of sp³-hybridized carbons (Fsp3) is 0.273. The molecular weight excluding hydrogens is 192 g/mol. The van der Waals surface area contributed by atoms with Gasteiger partial charge < -0.3 is 0 Å². The van der Waals surface area contributed by atoms with Crippen molar-refractivity contribution in [3.63, 3.8) is 0 Å². The van der Waals surface area contributed by atoms with Gasteiger partial charge in [-0.1, -0.05) is 0 Å². The Hall–Kier alpha value is -1.22. The van der Waals surface area contributed by atoms with Gasteiger partial charge in [-0.3, -0.25) is 4.98 Å². The van der Waals surface area contributed by atoms with Crippen LogP contribution in [0, 0.1) is 20.8 Å². The Morgan fingerprint density at radius 3 is 2.21 bits per heavy atom. The minimum Gasteiger partial charge on any atom is -0.258 e. The number of rotatable bonds is 1. The van der Waals surface area contributed by atoms with E-state index in [0.29, 0.717) is 0 Å². The molecule has 0 saturated carbocycles. The molecule has 0 fully saturated rings. The smallest absolute Gasteiger partial charge is 0.123 e. The summed E-state index contributed by atoms with van der Waals surface area (Å²) in [6.45, 7) is 6.09. The molecule has 2 heterocycles. The lowest BCUT2D eigenvalue weighted by Crippen LogP contribution is -1.87. The molecule has 0 aromatic carbocycles. The van der Waals surface area contributed by atoms with Gasteiger partial charge in [-0.2, -0.15) is 0 Å². The zero-order chi connectivity index (χ0) is 10.1. The first-order valence-corrected chi connectivity index (χ1v) is 5.35. The molecule has 0 N–H and O–H groups in total. The van der Waals surface area contributed by atoms with E-state index in [1.807, 2.05) is 20.0 Å². The van der Waals surface area contributed by atoms with Gasteiger partial charge in [-0.15, -0.1) is 11.3 Å². The lowest BCUT2D eigenvalue weighted by atomic mass is 10.2. The Balaban J connectivity index is 2.51. The molecule has 2 rings (SSSR count). The number of thiazole rings is 1. The van der Waals surface area contributed by atoms with Crippen LogP contribution in [0.5, 0.6) is 0 Å². The standard InChI is InChI=1S/C11H12N2S/c1-7-4-10(5-8(2)13-7)11-12-6-9(3)14-11/h4-6H,1-3H3. The second kappa shape index (κ2) is 3.50. The van der Waals surface area contributed by atoms with E-state index in [4.69, 9.17) is 0 Å². The van der Waals surface area contributed by atoms with Gasteiger partial charge in [0.15, 0.2) is 0 Å². The molecule has 72 valence electrons. The summed E-state index contributed by atoms with van der Waals surface area (Å²) in [6.07, 6.45) is 1.91. The van der Waals surface area contributed by atoms with Gasteiger partial charge in [0.1, 0.15) is 5.01 Å². The first-order chi connectivity index (χ1) is 6.65. The molecule has 0 aliphatic heterocycles. The fourth-order valence-corrected chi connectivity index (χ4v) is 2.20. The molecule has 0 bridgehead atoms. The summed E-state index contributed by atoms with van der Waals surface area (Å²) in [6, 6.07) is 4.15. The molecular formula is C11H12N2S. The minimum absolute atomic E-state index is 1.05. The van der Waals surface area contributed by atoms with E-state index >= 15 is 0 Å². The van der Waals surface area contributed by atoms with Crippen molar-refractivity contribution in [2.75, 3.05) is 0 Å². The maximum atomic E-state index is 4.36. The first-order valence-electron chi connectivity index (χ1n) is 4.53. The molecule has 0 atom stereocenters. The SMILES string of the molecule is Cc1cc(-c2ncc(C)s2)cc(C)n1. The van der Waals surface area contributed by atoms with Gasteiger partial charge in [0.05, 0.1) is 0 Å². The summed E-state index contributed by atoms with van der Waals surface area (Å²) in [5.41, 5.74) is 3.27. The third kappa shape index (κ3) is 1.82. The van der Waals surface area contributed by atoms with E-state index in [2.05, 4.69) is 29.0 Å². The predicted octanol–water partition coefficient (Wildman–Crippen LogP) is 3.13. The van der Waals surface area contributed by atoms with Gasteiger partial charge >= 0.3 is 0 Å². The zero-order valence-electron chi connectivity index (χ0n) is 8.53. The molecule has 2 nitrogen and oxygen atoms in total. The Morgan fingerprint density at radius 2 is 1.71 bits per heavy atom. The largest absolute Gasteiger partial charge is 0.258 e. The Bertz CT molecular complexity index is 440. The van der Waals surface area contributed by atoms with E-state index in [0.717, 1.165) is 16.4 Å². The summed E-state index contributed by atoms with van der Waals surface area (Å²) >= 11 is 1.72. The van der Waals surface area contributed by atoms with E-state index < -0.39 is 0 Å². The van der Waals surface area contributed by atoms with Crippen LogP contribution in [0.1, 0.15) is 16.3 Å². The van der Waals surface area contributed by atoms with Crippen LogP contribution >= 0.6 is 11.3 Å². The van der Waals surface area contributed by atoms with Crippen LogP contribution in [0.15, 0.2) is 18.3 Å². The van der Waals surface area contributed by atoms with Crippen LogP contribution in [0.4, 0.5) is 0 Å². The van der Waals surface area contributed by atoms with E-state index in [1.165, 1.54) is 10.4 Å². The number of nitrogens with zero attached hydrogens (tertiary/aromatic N) is 2. The third-order valence-electron chi connectivity index (χ3n) is 1.95. The van der Waals surface area contributed by atoms with Crippen molar-refractivity contribution in [1.82, 2.24) is 9.97 Å². The molecule has 0 radical (unpaired) electrons. The highest BCUT2D eigenvalue weighted by atomic mass is 32.1. The van der Waals surface area contributed by atoms with Crippen molar-refractivity contribution in [3.05, 3.63) is 34.6 Å².